The largest absolute Gasteiger partial charge is 0.325 e. The molecule has 29 heavy (non-hydrogen) atoms. The number of sulfone groups is 1. The molecule has 0 aliphatic rings. The molecule has 0 saturated heterocycles. The summed E-state index contributed by atoms with van der Waals surface area (Å²) < 4.78 is 25.0. The smallest absolute Gasteiger partial charge is 0.238 e. The number of carbonyl (C=O) groups excluding carboxylic acids is 1. The van der Waals surface area contributed by atoms with Gasteiger partial charge in [-0.15, -0.1) is 0 Å². The van der Waals surface area contributed by atoms with Crippen LogP contribution in [-0.4, -0.2) is 53.8 Å². The van der Waals surface area contributed by atoms with Crippen LogP contribution in [0.1, 0.15) is 18.5 Å². The SMILES string of the molecule is C[C@@H](c1ccc(-n2cncn2)cc1)N(C)CC(=O)Nc1cccc(S(C)(=O)=O)c1. The third-order valence-corrected chi connectivity index (χ3v) is 5.77. The number of aromatic nitrogens is 3. The van der Waals surface area contributed by atoms with Gasteiger partial charge < -0.3 is 5.32 Å². The fourth-order valence-electron chi connectivity index (χ4n) is 2.87. The molecular formula is C20H23N5O3S. The van der Waals surface area contributed by atoms with E-state index in [4.69, 9.17) is 0 Å². The number of nitrogens with one attached hydrogen (secondary N) is 1. The van der Waals surface area contributed by atoms with Crippen LogP contribution in [0.4, 0.5) is 5.69 Å². The van der Waals surface area contributed by atoms with Gasteiger partial charge in [-0.25, -0.2) is 18.1 Å². The van der Waals surface area contributed by atoms with Crippen LogP contribution in [-0.2, 0) is 14.6 Å². The summed E-state index contributed by atoms with van der Waals surface area (Å²) in [4.78, 5) is 18.4. The Labute approximate surface area is 170 Å². The molecule has 0 unspecified atom stereocenters. The molecule has 0 fully saturated rings. The third kappa shape index (κ3) is 5.27. The zero-order valence-corrected chi connectivity index (χ0v) is 17.3. The van der Waals surface area contributed by atoms with Crippen LogP contribution in [0, 0.1) is 0 Å². The van der Waals surface area contributed by atoms with Gasteiger partial charge in [-0.2, -0.15) is 5.10 Å². The second-order valence-corrected chi connectivity index (χ2v) is 8.89. The topological polar surface area (TPSA) is 97.2 Å². The molecule has 1 heterocycles. The molecule has 1 N–H and O–H groups in total. The van der Waals surface area contributed by atoms with Gasteiger partial charge in [0.25, 0.3) is 0 Å². The lowest BCUT2D eigenvalue weighted by Gasteiger charge is -2.24. The second kappa shape index (κ2) is 8.54. The van der Waals surface area contributed by atoms with E-state index < -0.39 is 9.84 Å². The Kier molecular flexibility index (Phi) is 6.09. The van der Waals surface area contributed by atoms with Crippen molar-refractivity contribution in [3.63, 3.8) is 0 Å². The minimum Gasteiger partial charge on any atom is -0.325 e. The highest BCUT2D eigenvalue weighted by molar-refractivity contribution is 7.90. The molecule has 8 nitrogen and oxygen atoms in total. The molecule has 9 heteroatoms. The molecule has 1 aromatic heterocycles. The van der Waals surface area contributed by atoms with E-state index in [0.717, 1.165) is 17.5 Å². The van der Waals surface area contributed by atoms with Gasteiger partial charge in [0.05, 0.1) is 17.1 Å². The van der Waals surface area contributed by atoms with E-state index in [2.05, 4.69) is 15.4 Å². The maximum absolute atomic E-state index is 12.4. The first-order valence-corrected chi connectivity index (χ1v) is 10.9. The normalized spacial score (nSPS) is 12.7. The number of likely N-dealkylation sites (N-methyl/N-ethyl adjacent to an activating group) is 1. The van der Waals surface area contributed by atoms with Crippen molar-refractivity contribution in [2.75, 3.05) is 25.2 Å². The molecule has 3 aromatic rings. The number of rotatable bonds is 7. The van der Waals surface area contributed by atoms with Crippen LogP contribution in [0.5, 0.6) is 0 Å². The minimum absolute atomic E-state index is 0.00732. The molecule has 1 atom stereocenters. The van der Waals surface area contributed by atoms with Crippen LogP contribution in [0.2, 0.25) is 0 Å². The highest BCUT2D eigenvalue weighted by Gasteiger charge is 2.16. The van der Waals surface area contributed by atoms with Gasteiger partial charge in [0.15, 0.2) is 9.84 Å². The minimum atomic E-state index is -3.33. The van der Waals surface area contributed by atoms with Gasteiger partial charge >= 0.3 is 0 Å². The van der Waals surface area contributed by atoms with Gasteiger partial charge in [0.2, 0.25) is 5.91 Å². The molecule has 0 bridgehead atoms. The van der Waals surface area contributed by atoms with Crippen molar-refractivity contribution in [3.8, 4) is 5.69 Å². The van der Waals surface area contributed by atoms with E-state index in [1.165, 1.54) is 18.5 Å². The first-order valence-electron chi connectivity index (χ1n) is 8.99. The summed E-state index contributed by atoms with van der Waals surface area (Å²) in [6, 6.07) is 14.1. The Hall–Kier alpha value is -3.04. The predicted molar refractivity (Wildman–Crippen MR) is 111 cm³/mol. The number of hydrogen-bond donors (Lipinski definition) is 1. The third-order valence-electron chi connectivity index (χ3n) is 4.66. The summed E-state index contributed by atoms with van der Waals surface area (Å²) in [5.41, 5.74) is 2.42. The van der Waals surface area contributed by atoms with E-state index in [1.54, 1.807) is 23.1 Å². The molecule has 0 aliphatic heterocycles. The van der Waals surface area contributed by atoms with Crippen molar-refractivity contribution in [1.29, 1.82) is 0 Å². The Bertz CT molecular complexity index is 1080. The zero-order chi connectivity index (χ0) is 21.0. The molecule has 2 aromatic carbocycles. The van der Waals surface area contributed by atoms with Crippen molar-refractivity contribution in [2.24, 2.45) is 0 Å². The summed E-state index contributed by atoms with van der Waals surface area (Å²) in [6.45, 7) is 2.18. The average molecular weight is 414 g/mol. The first kappa shape index (κ1) is 20.7. The van der Waals surface area contributed by atoms with Gasteiger partial charge in [0, 0.05) is 18.0 Å². The predicted octanol–water partition coefficient (Wildman–Crippen LogP) is 2.30. The van der Waals surface area contributed by atoms with Gasteiger partial charge in [0.1, 0.15) is 12.7 Å². The maximum atomic E-state index is 12.4. The van der Waals surface area contributed by atoms with Gasteiger partial charge in [-0.3, -0.25) is 9.69 Å². The van der Waals surface area contributed by atoms with Crippen molar-refractivity contribution in [2.45, 2.75) is 17.9 Å². The summed E-state index contributed by atoms with van der Waals surface area (Å²) >= 11 is 0. The molecule has 3 rings (SSSR count). The number of carbonyl (C=O) groups is 1. The van der Waals surface area contributed by atoms with E-state index in [0.29, 0.717) is 5.69 Å². The summed E-state index contributed by atoms with van der Waals surface area (Å²) in [5, 5.41) is 6.86. The van der Waals surface area contributed by atoms with E-state index >= 15 is 0 Å². The number of hydrogen-bond acceptors (Lipinski definition) is 6. The molecule has 152 valence electrons. The van der Waals surface area contributed by atoms with Crippen LogP contribution in [0.3, 0.4) is 0 Å². The quantitative estimate of drug-likeness (QED) is 0.638. The monoisotopic (exact) mass is 413 g/mol. The lowest BCUT2D eigenvalue weighted by molar-refractivity contribution is -0.117. The summed E-state index contributed by atoms with van der Waals surface area (Å²) in [5.74, 6) is -0.218. The van der Waals surface area contributed by atoms with Crippen LogP contribution < -0.4 is 5.32 Å². The second-order valence-electron chi connectivity index (χ2n) is 6.87. The number of amides is 1. The fraction of sp³-hybridized carbons (Fsp3) is 0.250. The maximum Gasteiger partial charge on any atom is 0.238 e. The molecule has 1 amide bonds. The summed E-state index contributed by atoms with van der Waals surface area (Å²) in [6.07, 6.45) is 4.25. The number of anilines is 1. The highest BCUT2D eigenvalue weighted by Crippen LogP contribution is 2.20. The lowest BCUT2D eigenvalue weighted by Crippen LogP contribution is -2.32. The molecule has 0 aliphatic carbocycles. The highest BCUT2D eigenvalue weighted by atomic mass is 32.2. The van der Waals surface area contributed by atoms with Gasteiger partial charge in [-0.1, -0.05) is 18.2 Å². The van der Waals surface area contributed by atoms with E-state index in [1.807, 2.05) is 43.1 Å². The first-order chi connectivity index (χ1) is 13.7. The zero-order valence-electron chi connectivity index (χ0n) is 16.5. The van der Waals surface area contributed by atoms with Crippen molar-refractivity contribution in [3.05, 3.63) is 66.7 Å². The Morgan fingerprint density at radius 3 is 2.55 bits per heavy atom. The van der Waals surface area contributed by atoms with Crippen molar-refractivity contribution in [1.82, 2.24) is 19.7 Å². The van der Waals surface area contributed by atoms with E-state index in [9.17, 15) is 13.2 Å². The van der Waals surface area contributed by atoms with Crippen LogP contribution >= 0.6 is 0 Å². The molecule has 0 saturated carbocycles. The molecule has 0 spiro atoms. The molecular weight excluding hydrogens is 390 g/mol. The summed E-state index contributed by atoms with van der Waals surface area (Å²) in [7, 11) is -1.46. The van der Waals surface area contributed by atoms with Gasteiger partial charge in [-0.05, 0) is 49.9 Å². The average Bonchev–Trinajstić information content (AvgIpc) is 3.22. The fourth-order valence-corrected chi connectivity index (χ4v) is 3.54. The van der Waals surface area contributed by atoms with Crippen molar-refractivity contribution >= 4 is 21.4 Å². The lowest BCUT2D eigenvalue weighted by atomic mass is 10.1. The molecule has 0 radical (unpaired) electrons. The van der Waals surface area contributed by atoms with Crippen molar-refractivity contribution < 1.29 is 13.2 Å². The van der Waals surface area contributed by atoms with Crippen LogP contribution in [0.25, 0.3) is 5.69 Å². The Balaban J connectivity index is 1.62. The van der Waals surface area contributed by atoms with E-state index in [-0.39, 0.29) is 23.4 Å². The Morgan fingerprint density at radius 1 is 1.21 bits per heavy atom. The van der Waals surface area contributed by atoms with Crippen LogP contribution in [0.15, 0.2) is 66.1 Å². The number of nitrogens with zero attached hydrogens (tertiary/aromatic N) is 4. The number of benzene rings is 2. The Morgan fingerprint density at radius 2 is 1.93 bits per heavy atom. The standard InChI is InChI=1S/C20H23N5O3S/c1-15(16-7-9-18(10-8-16)25-14-21-13-22-25)24(2)12-20(26)23-17-5-4-6-19(11-17)29(3,27)28/h4-11,13-15H,12H2,1-3H3,(H,23,26)/t15-/m0/s1.